The molecule has 2 heterocycles. The Morgan fingerprint density at radius 1 is 0.690 bits per heavy atom. The standard InChI is InChI=1S/C32H37N2O7P/c1-19-11-25(15-29(38-5)31(19)35)27(13-23-9-7-21(3)33-17-23)40-42(37)41-28(14-24-10-8-22(4)34-18-24)26-12-20(2)32(36)30(16-26)39-6/h7-12,15-18,27-28,35-36,42H,13-14H2,1-6H3. The van der Waals surface area contributed by atoms with Gasteiger partial charge in [0.1, 0.15) is 0 Å². The minimum atomic E-state index is -3.12. The number of methoxy groups -OCH3 is 2. The summed E-state index contributed by atoms with van der Waals surface area (Å²) in [5, 5.41) is 20.8. The van der Waals surface area contributed by atoms with Crippen LogP contribution in [0.5, 0.6) is 23.0 Å². The molecule has 0 aliphatic rings. The number of hydrogen-bond acceptors (Lipinski definition) is 9. The number of benzene rings is 2. The Labute approximate surface area is 247 Å². The van der Waals surface area contributed by atoms with Gasteiger partial charge in [0.15, 0.2) is 23.0 Å². The maximum atomic E-state index is 13.7. The number of phenols is 2. The Kier molecular flexibility index (Phi) is 10.2. The van der Waals surface area contributed by atoms with Crippen molar-refractivity contribution in [1.29, 1.82) is 0 Å². The topological polar surface area (TPSA) is 120 Å². The predicted molar refractivity (Wildman–Crippen MR) is 161 cm³/mol. The third-order valence-corrected chi connectivity index (χ3v) is 7.98. The first-order valence-electron chi connectivity index (χ1n) is 13.5. The highest BCUT2D eigenvalue weighted by Gasteiger charge is 2.24. The van der Waals surface area contributed by atoms with E-state index in [1.165, 1.54) is 14.2 Å². The summed E-state index contributed by atoms with van der Waals surface area (Å²) >= 11 is 0. The van der Waals surface area contributed by atoms with E-state index in [4.69, 9.17) is 18.5 Å². The van der Waals surface area contributed by atoms with Crippen molar-refractivity contribution in [2.24, 2.45) is 0 Å². The molecule has 222 valence electrons. The van der Waals surface area contributed by atoms with Gasteiger partial charge in [-0.1, -0.05) is 12.1 Å². The van der Waals surface area contributed by atoms with Crippen molar-refractivity contribution in [3.8, 4) is 23.0 Å². The Morgan fingerprint density at radius 2 is 1.10 bits per heavy atom. The van der Waals surface area contributed by atoms with Crippen LogP contribution in [-0.4, -0.2) is 34.4 Å². The highest BCUT2D eigenvalue weighted by molar-refractivity contribution is 7.33. The fourth-order valence-electron chi connectivity index (χ4n) is 4.61. The van der Waals surface area contributed by atoms with Crippen LogP contribution in [-0.2, 0) is 26.5 Å². The first-order chi connectivity index (χ1) is 20.1. The number of aryl methyl sites for hydroxylation is 4. The lowest BCUT2D eigenvalue weighted by atomic mass is 10.00. The van der Waals surface area contributed by atoms with E-state index in [1.807, 2.05) is 38.1 Å². The van der Waals surface area contributed by atoms with Crippen molar-refractivity contribution < 1.29 is 33.3 Å². The second-order valence-electron chi connectivity index (χ2n) is 10.3. The Balaban J connectivity index is 1.67. The first-order valence-corrected chi connectivity index (χ1v) is 14.8. The van der Waals surface area contributed by atoms with Crippen LogP contribution >= 0.6 is 8.25 Å². The number of phenolic OH excluding ortho intramolecular Hbond substituents is 2. The molecule has 0 fully saturated rings. The quantitative estimate of drug-likeness (QED) is 0.171. The van der Waals surface area contributed by atoms with Crippen LogP contribution in [0.2, 0.25) is 0 Å². The molecule has 42 heavy (non-hydrogen) atoms. The van der Waals surface area contributed by atoms with E-state index in [9.17, 15) is 14.8 Å². The smallest absolute Gasteiger partial charge is 0.320 e. The van der Waals surface area contributed by atoms with E-state index in [1.54, 1.807) is 50.5 Å². The molecule has 2 aromatic carbocycles. The maximum absolute atomic E-state index is 13.7. The van der Waals surface area contributed by atoms with Crippen LogP contribution < -0.4 is 9.47 Å². The zero-order valence-corrected chi connectivity index (χ0v) is 25.7. The molecule has 2 aromatic heterocycles. The molecule has 10 heteroatoms. The van der Waals surface area contributed by atoms with E-state index in [0.29, 0.717) is 35.1 Å². The van der Waals surface area contributed by atoms with E-state index in [0.717, 1.165) is 22.5 Å². The van der Waals surface area contributed by atoms with Crippen LogP contribution in [0.3, 0.4) is 0 Å². The molecular formula is C32H37N2O7P. The molecule has 0 spiro atoms. The molecule has 2 atom stereocenters. The van der Waals surface area contributed by atoms with Crippen LogP contribution in [0.1, 0.15) is 57.0 Å². The lowest BCUT2D eigenvalue weighted by Crippen LogP contribution is -2.09. The molecule has 0 aliphatic carbocycles. The monoisotopic (exact) mass is 592 g/mol. The van der Waals surface area contributed by atoms with Gasteiger partial charge in [-0.25, -0.2) is 0 Å². The number of pyridine rings is 2. The Hall–Kier alpha value is -3.91. The molecule has 4 aromatic rings. The van der Waals surface area contributed by atoms with Crippen molar-refractivity contribution in [1.82, 2.24) is 9.97 Å². The van der Waals surface area contributed by atoms with Crippen LogP contribution in [0.4, 0.5) is 0 Å². The van der Waals surface area contributed by atoms with Gasteiger partial charge in [0, 0.05) is 36.6 Å². The van der Waals surface area contributed by atoms with Crippen LogP contribution in [0.25, 0.3) is 0 Å². The first kappa shape index (κ1) is 31.0. The molecule has 0 saturated heterocycles. The van der Waals surface area contributed by atoms with Crippen molar-refractivity contribution in [3.63, 3.8) is 0 Å². The van der Waals surface area contributed by atoms with Gasteiger partial charge in [-0.05, 0) is 97.5 Å². The number of hydrogen-bond donors (Lipinski definition) is 2. The van der Waals surface area contributed by atoms with E-state index in [-0.39, 0.29) is 23.0 Å². The van der Waals surface area contributed by atoms with Crippen molar-refractivity contribution in [2.45, 2.75) is 52.7 Å². The second-order valence-corrected chi connectivity index (χ2v) is 11.2. The summed E-state index contributed by atoms with van der Waals surface area (Å²) in [4.78, 5) is 8.77. The van der Waals surface area contributed by atoms with E-state index in [2.05, 4.69) is 9.97 Å². The van der Waals surface area contributed by atoms with Gasteiger partial charge in [0.2, 0.25) is 0 Å². The number of rotatable bonds is 12. The number of aromatic hydroxyl groups is 2. The van der Waals surface area contributed by atoms with Crippen LogP contribution in [0.15, 0.2) is 60.9 Å². The zero-order valence-electron chi connectivity index (χ0n) is 24.7. The summed E-state index contributed by atoms with van der Waals surface area (Å²) in [5.74, 6) is 0.643. The summed E-state index contributed by atoms with van der Waals surface area (Å²) in [6.07, 6.45) is 2.86. The minimum absolute atomic E-state index is 0.0318. The zero-order chi connectivity index (χ0) is 30.4. The third-order valence-electron chi connectivity index (χ3n) is 7.02. The molecule has 2 N–H and O–H groups in total. The highest BCUT2D eigenvalue weighted by Crippen LogP contribution is 2.44. The Morgan fingerprint density at radius 3 is 1.43 bits per heavy atom. The van der Waals surface area contributed by atoms with Crippen LogP contribution in [0, 0.1) is 27.7 Å². The van der Waals surface area contributed by atoms with Gasteiger partial charge in [0.05, 0.1) is 26.4 Å². The second kappa shape index (κ2) is 13.8. The lowest BCUT2D eigenvalue weighted by molar-refractivity contribution is 0.129. The van der Waals surface area contributed by atoms with E-state index >= 15 is 0 Å². The average Bonchev–Trinajstić information content (AvgIpc) is 2.97. The van der Waals surface area contributed by atoms with Crippen molar-refractivity contribution in [2.75, 3.05) is 14.2 Å². The predicted octanol–water partition coefficient (Wildman–Crippen LogP) is 6.83. The highest BCUT2D eigenvalue weighted by atomic mass is 31.1. The van der Waals surface area contributed by atoms with Gasteiger partial charge in [-0.3, -0.25) is 14.5 Å². The summed E-state index contributed by atoms with van der Waals surface area (Å²) in [7, 11) is -0.167. The molecule has 4 rings (SSSR count). The lowest BCUT2D eigenvalue weighted by Gasteiger charge is -2.23. The van der Waals surface area contributed by atoms with Crippen molar-refractivity contribution >= 4 is 8.25 Å². The van der Waals surface area contributed by atoms with E-state index < -0.39 is 20.5 Å². The SMILES string of the molecule is COc1cc(C(Cc2ccc(C)nc2)O[PH](=O)OC(Cc2ccc(C)nc2)c2cc(C)c(O)c(OC)c2)cc(C)c1O. The third kappa shape index (κ3) is 7.68. The van der Waals surface area contributed by atoms with Gasteiger partial charge >= 0.3 is 8.25 Å². The largest absolute Gasteiger partial charge is 0.504 e. The molecule has 0 radical (unpaired) electrons. The van der Waals surface area contributed by atoms with Gasteiger partial charge in [-0.2, -0.15) is 0 Å². The molecule has 2 unspecified atom stereocenters. The maximum Gasteiger partial charge on any atom is 0.320 e. The summed E-state index contributed by atoms with van der Waals surface area (Å²) in [5.41, 5.74) is 6.05. The number of ether oxygens (including phenoxy) is 2. The Bertz CT molecular complexity index is 1430. The number of nitrogens with zero attached hydrogens (tertiary/aromatic N) is 2. The summed E-state index contributed by atoms with van der Waals surface area (Å²) in [6, 6.07) is 14.6. The molecular weight excluding hydrogens is 555 g/mol. The molecule has 0 aliphatic heterocycles. The fourth-order valence-corrected chi connectivity index (χ4v) is 5.57. The average molecular weight is 593 g/mol. The van der Waals surface area contributed by atoms with Gasteiger partial charge < -0.3 is 28.7 Å². The number of aromatic nitrogens is 2. The molecule has 9 nitrogen and oxygen atoms in total. The fraction of sp³-hybridized carbons (Fsp3) is 0.312. The summed E-state index contributed by atoms with van der Waals surface area (Å²) < 4.78 is 36.7. The normalized spacial score (nSPS) is 13.4. The molecule has 0 amide bonds. The molecule has 0 bridgehead atoms. The van der Waals surface area contributed by atoms with Gasteiger partial charge in [0.25, 0.3) is 0 Å². The molecule has 0 saturated carbocycles. The minimum Gasteiger partial charge on any atom is -0.504 e. The van der Waals surface area contributed by atoms with Gasteiger partial charge in [-0.15, -0.1) is 0 Å². The summed E-state index contributed by atoms with van der Waals surface area (Å²) in [6.45, 7) is 7.33. The van der Waals surface area contributed by atoms with Crippen molar-refractivity contribution in [3.05, 3.63) is 106 Å².